The maximum absolute atomic E-state index is 11.8. The molecule has 0 saturated heterocycles. The molecule has 0 atom stereocenters. The molecule has 0 unspecified atom stereocenters. The first-order valence-corrected chi connectivity index (χ1v) is 6.52. The Labute approximate surface area is 109 Å². The van der Waals surface area contributed by atoms with Crippen LogP contribution in [-0.2, 0) is 4.79 Å². The van der Waals surface area contributed by atoms with E-state index in [2.05, 4.69) is 21.2 Å². The zero-order valence-corrected chi connectivity index (χ0v) is 11.0. The van der Waals surface area contributed by atoms with Crippen LogP contribution >= 0.6 is 15.9 Å². The third-order valence-electron chi connectivity index (χ3n) is 2.67. The summed E-state index contributed by atoms with van der Waals surface area (Å²) in [6.45, 7) is 0. The lowest BCUT2D eigenvalue weighted by atomic mass is 10.1. The lowest BCUT2D eigenvalue weighted by molar-refractivity contribution is -0.121. The number of Topliss-reactive ketones (excluding diaryl/α,β-unsaturated/α-hetero) is 1. The summed E-state index contributed by atoms with van der Waals surface area (Å²) in [5.74, 6) is -0.00639. The highest BCUT2D eigenvalue weighted by molar-refractivity contribution is 9.10. The Morgan fingerprint density at radius 3 is 2.71 bits per heavy atom. The number of rotatable bonds is 5. The van der Waals surface area contributed by atoms with Crippen molar-refractivity contribution in [3.63, 3.8) is 0 Å². The van der Waals surface area contributed by atoms with Gasteiger partial charge in [0.25, 0.3) is 0 Å². The van der Waals surface area contributed by atoms with Gasteiger partial charge in [0.1, 0.15) is 0 Å². The topological polar surface area (TPSA) is 46.2 Å². The number of carbonyl (C=O) groups is 2. The zero-order chi connectivity index (χ0) is 12.3. The Hall–Kier alpha value is -1.16. The first-order valence-electron chi connectivity index (χ1n) is 5.73. The van der Waals surface area contributed by atoms with Crippen LogP contribution in [0.15, 0.2) is 28.7 Å². The average molecular weight is 296 g/mol. The number of hydrogen-bond donors (Lipinski definition) is 1. The van der Waals surface area contributed by atoms with Gasteiger partial charge in [-0.25, -0.2) is 0 Å². The van der Waals surface area contributed by atoms with Gasteiger partial charge in [-0.05, 0) is 25.0 Å². The standard InChI is InChI=1S/C13H14BrNO2/c14-10-3-1-2-9(8-10)12(16)6-7-13(17)15-11-4-5-11/h1-3,8,11H,4-7H2,(H,15,17). The van der Waals surface area contributed by atoms with Crippen LogP contribution in [0.4, 0.5) is 0 Å². The highest BCUT2D eigenvalue weighted by atomic mass is 79.9. The average Bonchev–Trinajstić information content (AvgIpc) is 3.10. The second-order valence-corrected chi connectivity index (χ2v) is 5.19. The van der Waals surface area contributed by atoms with Crippen molar-refractivity contribution in [2.75, 3.05) is 0 Å². The highest BCUT2D eigenvalue weighted by Gasteiger charge is 2.23. The molecule has 0 spiro atoms. The quantitative estimate of drug-likeness (QED) is 0.849. The van der Waals surface area contributed by atoms with Crippen LogP contribution in [0, 0.1) is 0 Å². The number of amides is 1. The maximum atomic E-state index is 11.8. The van der Waals surface area contributed by atoms with E-state index < -0.39 is 0 Å². The van der Waals surface area contributed by atoms with Crippen molar-refractivity contribution in [1.82, 2.24) is 5.32 Å². The van der Waals surface area contributed by atoms with Crippen molar-refractivity contribution in [3.8, 4) is 0 Å². The van der Waals surface area contributed by atoms with E-state index in [1.165, 1.54) is 0 Å². The minimum Gasteiger partial charge on any atom is -0.353 e. The SMILES string of the molecule is O=C(CCC(=O)c1cccc(Br)c1)NC1CC1. The number of nitrogens with one attached hydrogen (secondary N) is 1. The van der Waals surface area contributed by atoms with Crippen molar-refractivity contribution in [1.29, 1.82) is 0 Å². The van der Waals surface area contributed by atoms with Gasteiger partial charge >= 0.3 is 0 Å². The van der Waals surface area contributed by atoms with Gasteiger partial charge in [-0.1, -0.05) is 28.1 Å². The van der Waals surface area contributed by atoms with Crippen LogP contribution < -0.4 is 5.32 Å². The fourth-order valence-corrected chi connectivity index (χ4v) is 1.96. The number of benzene rings is 1. The fraction of sp³-hybridized carbons (Fsp3) is 0.385. The van der Waals surface area contributed by atoms with Crippen LogP contribution in [-0.4, -0.2) is 17.7 Å². The summed E-state index contributed by atoms with van der Waals surface area (Å²) in [5.41, 5.74) is 0.651. The van der Waals surface area contributed by atoms with Gasteiger partial charge in [-0.15, -0.1) is 0 Å². The van der Waals surface area contributed by atoms with Crippen LogP contribution in [0.3, 0.4) is 0 Å². The second-order valence-electron chi connectivity index (χ2n) is 4.28. The van der Waals surface area contributed by atoms with E-state index in [4.69, 9.17) is 0 Å². The Morgan fingerprint density at radius 1 is 1.29 bits per heavy atom. The van der Waals surface area contributed by atoms with Crippen molar-refractivity contribution in [2.24, 2.45) is 0 Å². The summed E-state index contributed by atoms with van der Waals surface area (Å²) in [6.07, 6.45) is 2.70. The van der Waals surface area contributed by atoms with Gasteiger partial charge in [0.15, 0.2) is 5.78 Å². The van der Waals surface area contributed by atoms with Crippen molar-refractivity contribution < 1.29 is 9.59 Å². The molecule has 1 aliphatic carbocycles. The molecule has 1 fully saturated rings. The van der Waals surface area contributed by atoms with E-state index in [-0.39, 0.29) is 24.5 Å². The largest absolute Gasteiger partial charge is 0.353 e. The van der Waals surface area contributed by atoms with Gasteiger partial charge in [-0.2, -0.15) is 0 Å². The molecule has 0 heterocycles. The van der Waals surface area contributed by atoms with Crippen molar-refractivity contribution in [2.45, 2.75) is 31.7 Å². The molecule has 0 bridgehead atoms. The lowest BCUT2D eigenvalue weighted by Crippen LogP contribution is -2.25. The molecule has 1 aromatic rings. The molecule has 0 aliphatic heterocycles. The van der Waals surface area contributed by atoms with Crippen LogP contribution in [0.2, 0.25) is 0 Å². The molecule has 1 N–H and O–H groups in total. The Kier molecular flexibility index (Phi) is 3.94. The maximum Gasteiger partial charge on any atom is 0.220 e. The number of halogens is 1. The minimum atomic E-state index is -0.0177. The molecular weight excluding hydrogens is 282 g/mol. The third kappa shape index (κ3) is 3.97. The van der Waals surface area contributed by atoms with E-state index in [1.807, 2.05) is 12.1 Å². The summed E-state index contributed by atoms with van der Waals surface area (Å²) in [5, 5.41) is 2.87. The third-order valence-corrected chi connectivity index (χ3v) is 3.16. The Bertz CT molecular complexity index is 441. The minimum absolute atomic E-state index is 0.0113. The summed E-state index contributed by atoms with van der Waals surface area (Å²) in [4.78, 5) is 23.2. The zero-order valence-electron chi connectivity index (χ0n) is 9.41. The molecule has 1 saturated carbocycles. The van der Waals surface area contributed by atoms with E-state index in [0.717, 1.165) is 17.3 Å². The van der Waals surface area contributed by atoms with Crippen LogP contribution in [0.25, 0.3) is 0 Å². The molecular formula is C13H14BrNO2. The van der Waals surface area contributed by atoms with E-state index in [9.17, 15) is 9.59 Å². The van der Waals surface area contributed by atoms with E-state index in [1.54, 1.807) is 12.1 Å². The van der Waals surface area contributed by atoms with E-state index in [0.29, 0.717) is 11.6 Å². The fourth-order valence-electron chi connectivity index (χ4n) is 1.56. The molecule has 0 radical (unpaired) electrons. The first-order chi connectivity index (χ1) is 8.15. The summed E-state index contributed by atoms with van der Waals surface area (Å²) in [6, 6.07) is 7.61. The molecule has 4 heteroatoms. The smallest absolute Gasteiger partial charge is 0.220 e. The summed E-state index contributed by atoms with van der Waals surface area (Å²) >= 11 is 3.32. The summed E-state index contributed by atoms with van der Waals surface area (Å²) < 4.78 is 0.880. The molecule has 17 heavy (non-hydrogen) atoms. The summed E-state index contributed by atoms with van der Waals surface area (Å²) in [7, 11) is 0. The predicted octanol–water partition coefficient (Wildman–Crippen LogP) is 2.69. The van der Waals surface area contributed by atoms with Crippen molar-refractivity contribution in [3.05, 3.63) is 34.3 Å². The Balaban J connectivity index is 1.82. The van der Waals surface area contributed by atoms with Crippen LogP contribution in [0.1, 0.15) is 36.0 Å². The van der Waals surface area contributed by atoms with Gasteiger partial charge in [0.05, 0.1) is 0 Å². The molecule has 3 nitrogen and oxygen atoms in total. The monoisotopic (exact) mass is 295 g/mol. The van der Waals surface area contributed by atoms with Crippen LogP contribution in [0.5, 0.6) is 0 Å². The highest BCUT2D eigenvalue weighted by Crippen LogP contribution is 2.19. The molecule has 1 aliphatic rings. The predicted molar refractivity (Wildman–Crippen MR) is 68.9 cm³/mol. The van der Waals surface area contributed by atoms with Gasteiger partial charge in [0.2, 0.25) is 5.91 Å². The Morgan fingerprint density at radius 2 is 2.06 bits per heavy atom. The molecule has 0 aromatic heterocycles. The lowest BCUT2D eigenvalue weighted by Gasteiger charge is -2.03. The number of hydrogen-bond acceptors (Lipinski definition) is 2. The normalized spacial score (nSPS) is 14.4. The number of ketones is 1. The molecule has 1 amide bonds. The first kappa shape index (κ1) is 12.3. The van der Waals surface area contributed by atoms with Gasteiger partial charge < -0.3 is 5.32 Å². The molecule has 1 aromatic carbocycles. The van der Waals surface area contributed by atoms with E-state index >= 15 is 0 Å². The molecule has 2 rings (SSSR count). The number of carbonyl (C=O) groups excluding carboxylic acids is 2. The molecule has 90 valence electrons. The van der Waals surface area contributed by atoms with Gasteiger partial charge in [-0.3, -0.25) is 9.59 Å². The second kappa shape index (κ2) is 5.45. The van der Waals surface area contributed by atoms with Gasteiger partial charge in [0, 0.05) is 28.9 Å². The van der Waals surface area contributed by atoms with Crippen molar-refractivity contribution >= 4 is 27.6 Å².